The largest absolute Gasteiger partial charge is 0.366 e. The number of hydrogen-bond donors (Lipinski definition) is 2. The molecule has 6 heavy (non-hydrogen) atoms. The lowest BCUT2D eigenvalue weighted by molar-refractivity contribution is -0.210. The fourth-order valence-electron chi connectivity index (χ4n) is 0.493. The summed E-state index contributed by atoms with van der Waals surface area (Å²) < 4.78 is 0. The summed E-state index contributed by atoms with van der Waals surface area (Å²) in [5, 5.41) is 16.9. The van der Waals surface area contributed by atoms with Crippen LogP contribution in [0.2, 0.25) is 0 Å². The third-order valence-electron chi connectivity index (χ3n) is 1.15. The Morgan fingerprint density at radius 1 is 1.17 bits per heavy atom. The van der Waals surface area contributed by atoms with Gasteiger partial charge in [-0.15, -0.1) is 0 Å². The molecule has 1 aliphatic rings. The second kappa shape index (κ2) is 0.950. The normalized spacial score (nSPS) is 29.0. The second-order valence-electron chi connectivity index (χ2n) is 1.84. The van der Waals surface area contributed by atoms with E-state index in [0.717, 1.165) is 6.42 Å². The molecule has 36 valence electrons. The Morgan fingerprint density at radius 2 is 1.50 bits per heavy atom. The van der Waals surface area contributed by atoms with Gasteiger partial charge in [0.25, 0.3) is 0 Å². The Bertz CT molecular complexity index is 52.6. The molecule has 2 nitrogen and oxygen atoms in total. The van der Waals surface area contributed by atoms with E-state index in [9.17, 15) is 0 Å². The summed E-state index contributed by atoms with van der Waals surface area (Å²) in [6.45, 7) is 0. The first kappa shape index (κ1) is 4.09. The quantitative estimate of drug-likeness (QED) is 0.404. The third-order valence-corrected chi connectivity index (χ3v) is 1.15. The Labute approximate surface area is 36.4 Å². The number of hydrogen-bond acceptors (Lipinski definition) is 2. The van der Waals surface area contributed by atoms with Gasteiger partial charge < -0.3 is 10.2 Å². The van der Waals surface area contributed by atoms with Crippen molar-refractivity contribution in [2.45, 2.75) is 25.0 Å². The molecule has 2 N–H and O–H groups in total. The molecule has 0 saturated heterocycles. The van der Waals surface area contributed by atoms with Crippen LogP contribution in [-0.2, 0) is 0 Å². The van der Waals surface area contributed by atoms with Gasteiger partial charge in [0.2, 0.25) is 0 Å². The fraction of sp³-hybridized carbons (Fsp3) is 1.00. The fourth-order valence-corrected chi connectivity index (χ4v) is 0.493. The molecule has 0 amide bonds. The van der Waals surface area contributed by atoms with Crippen LogP contribution in [0.4, 0.5) is 0 Å². The average molecular weight is 88.1 g/mol. The highest BCUT2D eigenvalue weighted by Crippen LogP contribution is 2.27. The van der Waals surface area contributed by atoms with E-state index in [1.165, 1.54) is 0 Å². The van der Waals surface area contributed by atoms with E-state index in [2.05, 4.69) is 0 Å². The van der Waals surface area contributed by atoms with Crippen LogP contribution < -0.4 is 0 Å². The van der Waals surface area contributed by atoms with Crippen LogP contribution in [0.1, 0.15) is 19.3 Å². The minimum Gasteiger partial charge on any atom is -0.366 e. The van der Waals surface area contributed by atoms with Crippen molar-refractivity contribution in [1.82, 2.24) is 0 Å². The number of aliphatic hydroxyl groups is 2. The van der Waals surface area contributed by atoms with E-state index < -0.39 is 5.79 Å². The highest BCUT2D eigenvalue weighted by atomic mass is 16.5. The summed E-state index contributed by atoms with van der Waals surface area (Å²) in [5.74, 6) is -1.28. The monoisotopic (exact) mass is 88.1 g/mol. The standard InChI is InChI=1S/C4H8O2/c5-4(6)2-1-3-4/h5-6H,1-3H2. The van der Waals surface area contributed by atoms with E-state index >= 15 is 0 Å². The molecule has 0 bridgehead atoms. The minimum atomic E-state index is -1.28. The van der Waals surface area contributed by atoms with Gasteiger partial charge in [0.15, 0.2) is 5.79 Å². The van der Waals surface area contributed by atoms with Gasteiger partial charge in [-0.2, -0.15) is 0 Å². The van der Waals surface area contributed by atoms with Crippen LogP contribution >= 0.6 is 0 Å². The Morgan fingerprint density at radius 3 is 1.50 bits per heavy atom. The lowest BCUT2D eigenvalue weighted by Gasteiger charge is -2.29. The minimum absolute atomic E-state index is 0.562. The molecule has 0 atom stereocenters. The molecule has 1 aliphatic carbocycles. The smallest absolute Gasteiger partial charge is 0.162 e. The van der Waals surface area contributed by atoms with Gasteiger partial charge in [-0.25, -0.2) is 0 Å². The molecule has 0 aliphatic heterocycles. The van der Waals surface area contributed by atoms with Gasteiger partial charge in [-0.05, 0) is 6.42 Å². The zero-order valence-electron chi connectivity index (χ0n) is 3.52. The van der Waals surface area contributed by atoms with E-state index in [0.29, 0.717) is 12.8 Å². The van der Waals surface area contributed by atoms with E-state index in [-0.39, 0.29) is 0 Å². The van der Waals surface area contributed by atoms with Crippen LogP contribution in [0.3, 0.4) is 0 Å². The predicted octanol–water partition coefficient (Wildman–Crippen LogP) is -0.149. The SMILES string of the molecule is OC1(O)CCC1. The first-order chi connectivity index (χ1) is 2.71. The number of rotatable bonds is 0. The van der Waals surface area contributed by atoms with Crippen molar-refractivity contribution in [3.63, 3.8) is 0 Å². The van der Waals surface area contributed by atoms with Gasteiger partial charge in [0.1, 0.15) is 0 Å². The summed E-state index contributed by atoms with van der Waals surface area (Å²) >= 11 is 0. The molecule has 1 saturated carbocycles. The van der Waals surface area contributed by atoms with Crippen LogP contribution in [0.25, 0.3) is 0 Å². The lowest BCUT2D eigenvalue weighted by Crippen LogP contribution is -2.35. The first-order valence-corrected chi connectivity index (χ1v) is 2.15. The van der Waals surface area contributed by atoms with E-state index in [1.807, 2.05) is 0 Å². The molecule has 0 spiro atoms. The van der Waals surface area contributed by atoms with Gasteiger partial charge >= 0.3 is 0 Å². The van der Waals surface area contributed by atoms with Crippen molar-refractivity contribution in [2.75, 3.05) is 0 Å². The van der Waals surface area contributed by atoms with Crippen LogP contribution in [0, 0.1) is 0 Å². The highest BCUT2D eigenvalue weighted by molar-refractivity contribution is 4.74. The first-order valence-electron chi connectivity index (χ1n) is 2.15. The molecule has 2 heteroatoms. The van der Waals surface area contributed by atoms with Crippen LogP contribution in [0.5, 0.6) is 0 Å². The van der Waals surface area contributed by atoms with Crippen molar-refractivity contribution < 1.29 is 10.2 Å². The molecule has 0 heterocycles. The Balaban J connectivity index is 2.31. The molecular formula is C4H8O2. The molecule has 0 radical (unpaired) electrons. The van der Waals surface area contributed by atoms with E-state index in [1.54, 1.807) is 0 Å². The summed E-state index contributed by atoms with van der Waals surface area (Å²) in [5.41, 5.74) is 0. The molecule has 0 unspecified atom stereocenters. The van der Waals surface area contributed by atoms with Crippen molar-refractivity contribution in [3.05, 3.63) is 0 Å². The van der Waals surface area contributed by atoms with Crippen molar-refractivity contribution in [1.29, 1.82) is 0 Å². The Kier molecular flexibility index (Phi) is 0.648. The average Bonchev–Trinajstić information content (AvgIpc) is 1.32. The summed E-state index contributed by atoms with van der Waals surface area (Å²) in [6.07, 6.45) is 2.09. The van der Waals surface area contributed by atoms with Crippen LogP contribution in [-0.4, -0.2) is 16.0 Å². The van der Waals surface area contributed by atoms with Crippen LogP contribution in [0.15, 0.2) is 0 Å². The second-order valence-corrected chi connectivity index (χ2v) is 1.84. The molecule has 0 aromatic heterocycles. The highest BCUT2D eigenvalue weighted by Gasteiger charge is 2.30. The zero-order chi connectivity index (χ0) is 4.62. The third kappa shape index (κ3) is 0.533. The van der Waals surface area contributed by atoms with Gasteiger partial charge in [0.05, 0.1) is 0 Å². The van der Waals surface area contributed by atoms with Crippen molar-refractivity contribution in [2.24, 2.45) is 0 Å². The molecule has 1 fully saturated rings. The molecule has 1 rings (SSSR count). The van der Waals surface area contributed by atoms with Gasteiger partial charge in [-0.1, -0.05) is 0 Å². The van der Waals surface area contributed by atoms with E-state index in [4.69, 9.17) is 10.2 Å². The maximum Gasteiger partial charge on any atom is 0.162 e. The molecular weight excluding hydrogens is 80.0 g/mol. The van der Waals surface area contributed by atoms with Crippen molar-refractivity contribution >= 4 is 0 Å². The summed E-state index contributed by atoms with van der Waals surface area (Å²) in [7, 11) is 0. The Hall–Kier alpha value is -0.0800. The maximum absolute atomic E-state index is 8.47. The maximum atomic E-state index is 8.47. The molecule has 0 aromatic carbocycles. The summed E-state index contributed by atoms with van der Waals surface area (Å²) in [6, 6.07) is 0. The topological polar surface area (TPSA) is 40.5 Å². The zero-order valence-corrected chi connectivity index (χ0v) is 3.52. The predicted molar refractivity (Wildman–Crippen MR) is 21.0 cm³/mol. The van der Waals surface area contributed by atoms with Gasteiger partial charge in [0, 0.05) is 12.8 Å². The van der Waals surface area contributed by atoms with Gasteiger partial charge in [-0.3, -0.25) is 0 Å². The molecule has 0 aromatic rings. The lowest BCUT2D eigenvalue weighted by atomic mass is 9.92. The van der Waals surface area contributed by atoms with Crippen molar-refractivity contribution in [3.8, 4) is 0 Å². The summed E-state index contributed by atoms with van der Waals surface area (Å²) in [4.78, 5) is 0.